The molecule has 0 atom stereocenters. The van der Waals surface area contributed by atoms with Gasteiger partial charge in [-0.05, 0) is 41.1 Å². The first-order valence-corrected chi connectivity index (χ1v) is 4.31. The van der Waals surface area contributed by atoms with E-state index in [0.29, 0.717) is 11.4 Å². The number of nitrogen functional groups attached to an aromatic ring is 1. The molecule has 0 bridgehead atoms. The average Bonchev–Trinajstić information content (AvgIpc) is 1.96. The molecule has 0 aliphatic rings. The van der Waals surface area contributed by atoms with E-state index in [1.165, 1.54) is 6.07 Å². The van der Waals surface area contributed by atoms with E-state index in [0.717, 1.165) is 0 Å². The topological polar surface area (TPSA) is 38.9 Å². The van der Waals surface area contributed by atoms with Gasteiger partial charge in [0.15, 0.2) is 0 Å². The van der Waals surface area contributed by atoms with Crippen LogP contribution in [0.4, 0.5) is 14.6 Å². The quantitative estimate of drug-likeness (QED) is 0.635. The van der Waals surface area contributed by atoms with Gasteiger partial charge >= 0.3 is 0 Å². The van der Waals surface area contributed by atoms with Gasteiger partial charge in [0.25, 0.3) is 6.43 Å². The molecule has 2 N–H and O–H groups in total. The normalized spacial score (nSPS) is 10.8. The maximum atomic E-state index is 12.3. The molecule has 0 saturated carbocycles. The fourth-order valence-corrected chi connectivity index (χ4v) is 1.43. The lowest BCUT2D eigenvalue weighted by atomic mass is 10.2. The number of rotatable bonds is 1. The molecule has 66 valence electrons. The van der Waals surface area contributed by atoms with E-state index in [9.17, 15) is 8.78 Å². The van der Waals surface area contributed by atoms with Gasteiger partial charge in [0.1, 0.15) is 9.52 Å². The van der Waals surface area contributed by atoms with Gasteiger partial charge in [-0.3, -0.25) is 0 Å². The first-order valence-electron chi connectivity index (χ1n) is 3.23. The number of aryl methyl sites for hydroxylation is 1. The summed E-state index contributed by atoms with van der Waals surface area (Å²) in [5.41, 5.74) is 5.96. The minimum absolute atomic E-state index is 0.0534. The van der Waals surface area contributed by atoms with Crippen LogP contribution >= 0.6 is 22.6 Å². The molecule has 1 heterocycles. The lowest BCUT2D eigenvalue weighted by molar-refractivity contribution is 0.150. The molecule has 0 unspecified atom stereocenters. The Labute approximate surface area is 82.3 Å². The lowest BCUT2D eigenvalue weighted by Crippen LogP contribution is -2.00. The summed E-state index contributed by atoms with van der Waals surface area (Å²) < 4.78 is 24.8. The van der Waals surface area contributed by atoms with Crippen LogP contribution in [0.5, 0.6) is 0 Å². The van der Waals surface area contributed by atoms with Gasteiger partial charge in [0.2, 0.25) is 0 Å². The molecule has 1 aromatic rings. The zero-order chi connectivity index (χ0) is 9.30. The summed E-state index contributed by atoms with van der Waals surface area (Å²) in [6.07, 6.45) is -2.48. The van der Waals surface area contributed by atoms with Gasteiger partial charge < -0.3 is 5.73 Å². The first kappa shape index (κ1) is 9.63. The number of halogens is 3. The van der Waals surface area contributed by atoms with Gasteiger partial charge in [0, 0.05) is 0 Å². The highest BCUT2D eigenvalue weighted by Crippen LogP contribution is 2.25. The fraction of sp³-hybridized carbons (Fsp3) is 0.286. The number of nitrogens with zero attached hydrogens (tertiary/aromatic N) is 1. The monoisotopic (exact) mass is 284 g/mol. The summed E-state index contributed by atoms with van der Waals surface area (Å²) >= 11 is 1.75. The zero-order valence-electron chi connectivity index (χ0n) is 6.31. The minimum Gasteiger partial charge on any atom is -0.383 e. The molecular weight excluding hydrogens is 277 g/mol. The SMILES string of the molecule is Cc1cc(C(F)F)c(I)nc1N. The summed E-state index contributed by atoms with van der Waals surface area (Å²) in [5.74, 6) is 0.309. The lowest BCUT2D eigenvalue weighted by Gasteiger charge is -2.05. The Morgan fingerprint density at radius 1 is 1.58 bits per heavy atom. The fourth-order valence-electron chi connectivity index (χ4n) is 0.778. The highest BCUT2D eigenvalue weighted by atomic mass is 127. The zero-order valence-corrected chi connectivity index (χ0v) is 8.47. The van der Waals surface area contributed by atoms with Crippen molar-refractivity contribution in [3.05, 3.63) is 20.9 Å². The Kier molecular flexibility index (Phi) is 2.81. The number of pyridine rings is 1. The standard InChI is InChI=1S/C7H7F2IN2/c1-3-2-4(5(8)9)6(10)12-7(3)11/h2,5H,1H3,(H2,11,12). The average molecular weight is 284 g/mol. The number of anilines is 1. The number of aromatic nitrogens is 1. The van der Waals surface area contributed by atoms with Crippen molar-refractivity contribution in [1.82, 2.24) is 4.98 Å². The summed E-state index contributed by atoms with van der Waals surface area (Å²) in [6.45, 7) is 1.66. The molecule has 0 spiro atoms. The van der Waals surface area contributed by atoms with E-state index in [-0.39, 0.29) is 9.26 Å². The second kappa shape index (κ2) is 3.51. The largest absolute Gasteiger partial charge is 0.383 e. The van der Waals surface area contributed by atoms with E-state index in [1.807, 2.05) is 0 Å². The number of nitrogens with two attached hydrogens (primary N) is 1. The van der Waals surface area contributed by atoms with Gasteiger partial charge in [-0.2, -0.15) is 0 Å². The predicted molar refractivity (Wildman–Crippen MR) is 51.1 cm³/mol. The molecule has 0 aliphatic carbocycles. The van der Waals surface area contributed by atoms with Gasteiger partial charge in [-0.1, -0.05) is 0 Å². The smallest absolute Gasteiger partial charge is 0.266 e. The molecule has 0 saturated heterocycles. The third-order valence-electron chi connectivity index (χ3n) is 1.47. The molecule has 1 rings (SSSR count). The second-order valence-electron chi connectivity index (χ2n) is 2.37. The third kappa shape index (κ3) is 1.82. The Morgan fingerprint density at radius 3 is 2.67 bits per heavy atom. The molecular formula is C7H7F2IN2. The van der Waals surface area contributed by atoms with Crippen LogP contribution < -0.4 is 5.73 Å². The van der Waals surface area contributed by atoms with Crippen molar-refractivity contribution < 1.29 is 8.78 Å². The van der Waals surface area contributed by atoms with Crippen LogP contribution in [0, 0.1) is 10.6 Å². The van der Waals surface area contributed by atoms with E-state index in [4.69, 9.17) is 5.73 Å². The first-order chi connectivity index (χ1) is 5.52. The van der Waals surface area contributed by atoms with Crippen LogP contribution in [0.3, 0.4) is 0 Å². The second-order valence-corrected chi connectivity index (χ2v) is 3.39. The maximum absolute atomic E-state index is 12.3. The maximum Gasteiger partial charge on any atom is 0.266 e. The van der Waals surface area contributed by atoms with Crippen molar-refractivity contribution in [2.45, 2.75) is 13.3 Å². The Hall–Kier alpha value is -0.460. The number of alkyl halides is 2. The van der Waals surface area contributed by atoms with E-state index in [1.54, 1.807) is 29.5 Å². The molecule has 2 nitrogen and oxygen atoms in total. The molecule has 0 fully saturated rings. The van der Waals surface area contributed by atoms with E-state index >= 15 is 0 Å². The molecule has 0 amide bonds. The van der Waals surface area contributed by atoms with Crippen LogP contribution in [0.2, 0.25) is 0 Å². The molecule has 5 heteroatoms. The van der Waals surface area contributed by atoms with Gasteiger partial charge in [-0.25, -0.2) is 13.8 Å². The number of hydrogen-bond donors (Lipinski definition) is 1. The van der Waals surface area contributed by atoms with Crippen molar-refractivity contribution in [3.63, 3.8) is 0 Å². The Balaban J connectivity index is 3.23. The summed E-state index contributed by atoms with van der Waals surface area (Å²) in [6, 6.07) is 1.37. The summed E-state index contributed by atoms with van der Waals surface area (Å²) in [5, 5.41) is 0. The van der Waals surface area contributed by atoms with Crippen molar-refractivity contribution in [2.75, 3.05) is 5.73 Å². The number of hydrogen-bond acceptors (Lipinski definition) is 2. The highest BCUT2D eigenvalue weighted by Gasteiger charge is 2.13. The Morgan fingerprint density at radius 2 is 2.17 bits per heavy atom. The van der Waals surface area contributed by atoms with Crippen LogP contribution in [-0.2, 0) is 0 Å². The Bertz CT molecular complexity index is 302. The molecule has 12 heavy (non-hydrogen) atoms. The molecule has 0 aromatic carbocycles. The van der Waals surface area contributed by atoms with Crippen LogP contribution in [-0.4, -0.2) is 4.98 Å². The van der Waals surface area contributed by atoms with Crippen molar-refractivity contribution in [1.29, 1.82) is 0 Å². The van der Waals surface area contributed by atoms with E-state index < -0.39 is 6.43 Å². The van der Waals surface area contributed by atoms with Crippen LogP contribution in [0.15, 0.2) is 6.07 Å². The van der Waals surface area contributed by atoms with E-state index in [2.05, 4.69) is 4.98 Å². The van der Waals surface area contributed by atoms with Crippen LogP contribution in [0.1, 0.15) is 17.6 Å². The van der Waals surface area contributed by atoms with Crippen molar-refractivity contribution in [3.8, 4) is 0 Å². The van der Waals surface area contributed by atoms with Gasteiger partial charge in [0.05, 0.1) is 5.56 Å². The third-order valence-corrected chi connectivity index (χ3v) is 2.33. The molecule has 1 aromatic heterocycles. The van der Waals surface area contributed by atoms with Gasteiger partial charge in [-0.15, -0.1) is 0 Å². The molecule has 0 radical (unpaired) electrons. The summed E-state index contributed by atoms with van der Waals surface area (Å²) in [4.78, 5) is 3.78. The molecule has 0 aliphatic heterocycles. The van der Waals surface area contributed by atoms with Crippen molar-refractivity contribution >= 4 is 28.4 Å². The minimum atomic E-state index is -2.48. The van der Waals surface area contributed by atoms with Crippen LogP contribution in [0.25, 0.3) is 0 Å². The highest BCUT2D eigenvalue weighted by molar-refractivity contribution is 14.1. The predicted octanol–water partition coefficient (Wildman–Crippen LogP) is 2.51. The summed E-state index contributed by atoms with van der Waals surface area (Å²) in [7, 11) is 0. The van der Waals surface area contributed by atoms with Crippen molar-refractivity contribution in [2.24, 2.45) is 0 Å².